The Balaban J connectivity index is 2.20. The van der Waals surface area contributed by atoms with E-state index < -0.39 is 0 Å². The van der Waals surface area contributed by atoms with Gasteiger partial charge in [-0.2, -0.15) is 0 Å². The Kier molecular flexibility index (Phi) is 4.03. The Morgan fingerprint density at radius 3 is 2.53 bits per heavy atom. The van der Waals surface area contributed by atoms with Crippen LogP contribution in [0.4, 0.5) is 0 Å². The lowest BCUT2D eigenvalue weighted by atomic mass is 10.00. The Labute approximate surface area is 116 Å². The predicted octanol–water partition coefficient (Wildman–Crippen LogP) is 1.20. The van der Waals surface area contributed by atoms with Gasteiger partial charge in [-0.1, -0.05) is 25.7 Å². The van der Waals surface area contributed by atoms with Gasteiger partial charge in [0.2, 0.25) is 11.8 Å². The number of hydrogen-bond acceptors (Lipinski definition) is 4. The van der Waals surface area contributed by atoms with E-state index in [1.807, 2.05) is 11.4 Å². The first-order valence-corrected chi connectivity index (χ1v) is 7.04. The quantitative estimate of drug-likeness (QED) is 0.652. The third kappa shape index (κ3) is 2.55. The van der Waals surface area contributed by atoms with Gasteiger partial charge in [-0.15, -0.1) is 11.3 Å². The van der Waals surface area contributed by atoms with Gasteiger partial charge in [0.15, 0.2) is 0 Å². The minimum Gasteiger partial charge on any atom is -0.320 e. The van der Waals surface area contributed by atoms with Crippen molar-refractivity contribution in [3.05, 3.63) is 21.9 Å². The van der Waals surface area contributed by atoms with Crippen LogP contribution in [0.25, 0.3) is 0 Å². The second-order valence-electron chi connectivity index (χ2n) is 4.60. The lowest BCUT2D eigenvalue weighted by molar-refractivity contribution is -0.140. The molecule has 0 radical (unpaired) electrons. The molecule has 0 bridgehead atoms. The highest BCUT2D eigenvalue weighted by Crippen LogP contribution is 2.28. The van der Waals surface area contributed by atoms with Crippen molar-refractivity contribution in [3.63, 3.8) is 0 Å². The fourth-order valence-electron chi connectivity index (χ4n) is 2.05. The zero-order chi connectivity index (χ0) is 14.0. The Hall–Kier alpha value is -1.64. The Morgan fingerprint density at radius 2 is 1.95 bits per heavy atom. The standard InChI is InChI=1S/C14H16N2O2S/c1-9-10(2)14(18)16(13(9)17)8-12-11(4-3-6-15)5-7-19-12/h5,7,9-10H,6,8,15H2,1-2H3. The molecular weight excluding hydrogens is 260 g/mol. The number of amides is 2. The molecule has 1 fully saturated rings. The van der Waals surface area contributed by atoms with Gasteiger partial charge in [0, 0.05) is 22.3 Å². The van der Waals surface area contributed by atoms with Crippen molar-refractivity contribution in [3.8, 4) is 11.8 Å². The van der Waals surface area contributed by atoms with Gasteiger partial charge in [0.1, 0.15) is 0 Å². The minimum atomic E-state index is -0.231. The molecule has 2 atom stereocenters. The second kappa shape index (κ2) is 5.55. The molecule has 0 aliphatic carbocycles. The van der Waals surface area contributed by atoms with Crippen molar-refractivity contribution >= 4 is 23.2 Å². The first-order chi connectivity index (χ1) is 9.06. The number of nitrogens with two attached hydrogens (primary N) is 1. The first kappa shape index (κ1) is 13.8. The van der Waals surface area contributed by atoms with Gasteiger partial charge in [-0.3, -0.25) is 14.5 Å². The molecule has 0 aromatic carbocycles. The molecule has 1 aliphatic rings. The van der Waals surface area contributed by atoms with E-state index >= 15 is 0 Å². The average molecular weight is 276 g/mol. The summed E-state index contributed by atoms with van der Waals surface area (Å²) in [5.74, 6) is 5.11. The molecule has 1 aromatic heterocycles. The van der Waals surface area contributed by atoms with E-state index in [0.717, 1.165) is 10.4 Å². The smallest absolute Gasteiger partial charge is 0.233 e. The van der Waals surface area contributed by atoms with Crippen LogP contribution < -0.4 is 5.73 Å². The maximum atomic E-state index is 12.0. The fourth-order valence-corrected chi connectivity index (χ4v) is 2.87. The second-order valence-corrected chi connectivity index (χ2v) is 5.60. The molecule has 2 amide bonds. The molecule has 100 valence electrons. The fraction of sp³-hybridized carbons (Fsp3) is 0.429. The topological polar surface area (TPSA) is 63.4 Å². The summed E-state index contributed by atoms with van der Waals surface area (Å²) in [4.78, 5) is 26.3. The first-order valence-electron chi connectivity index (χ1n) is 6.16. The molecule has 0 saturated carbocycles. The number of rotatable bonds is 2. The third-order valence-corrected chi connectivity index (χ3v) is 4.34. The summed E-state index contributed by atoms with van der Waals surface area (Å²) in [5, 5.41) is 1.91. The van der Waals surface area contributed by atoms with Crippen molar-refractivity contribution in [2.45, 2.75) is 20.4 Å². The van der Waals surface area contributed by atoms with Crippen LogP contribution in [-0.2, 0) is 16.1 Å². The molecule has 2 heterocycles. The molecule has 2 unspecified atom stereocenters. The number of thiophene rings is 1. The van der Waals surface area contributed by atoms with Crippen molar-refractivity contribution in [2.75, 3.05) is 6.54 Å². The summed E-state index contributed by atoms with van der Waals surface area (Å²) >= 11 is 1.50. The van der Waals surface area contributed by atoms with E-state index in [1.165, 1.54) is 16.2 Å². The van der Waals surface area contributed by atoms with Crippen molar-refractivity contribution in [1.29, 1.82) is 0 Å². The van der Waals surface area contributed by atoms with E-state index in [0.29, 0.717) is 13.1 Å². The lowest BCUT2D eigenvalue weighted by Crippen LogP contribution is -2.30. The summed E-state index contributed by atoms with van der Waals surface area (Å²) in [5.41, 5.74) is 6.20. The average Bonchev–Trinajstić information content (AvgIpc) is 2.92. The SMILES string of the molecule is CC1C(=O)N(Cc2sccc2C#CCN)C(=O)C1C. The van der Waals surface area contributed by atoms with Gasteiger partial charge in [0.25, 0.3) is 0 Å². The van der Waals surface area contributed by atoms with E-state index in [2.05, 4.69) is 11.8 Å². The van der Waals surface area contributed by atoms with Gasteiger partial charge in [0.05, 0.1) is 13.1 Å². The van der Waals surface area contributed by atoms with Crippen LogP contribution >= 0.6 is 11.3 Å². The van der Waals surface area contributed by atoms with Crippen LogP contribution in [0.3, 0.4) is 0 Å². The maximum Gasteiger partial charge on any atom is 0.233 e. The summed E-state index contributed by atoms with van der Waals surface area (Å²) < 4.78 is 0. The van der Waals surface area contributed by atoms with Gasteiger partial charge in [-0.05, 0) is 11.4 Å². The van der Waals surface area contributed by atoms with Gasteiger partial charge < -0.3 is 5.73 Å². The van der Waals surface area contributed by atoms with Crippen molar-refractivity contribution < 1.29 is 9.59 Å². The monoisotopic (exact) mass is 276 g/mol. The van der Waals surface area contributed by atoms with Crippen LogP contribution in [-0.4, -0.2) is 23.3 Å². The highest BCUT2D eigenvalue weighted by Gasteiger charge is 2.42. The van der Waals surface area contributed by atoms with Crippen molar-refractivity contribution in [1.82, 2.24) is 4.90 Å². The molecule has 2 rings (SSSR count). The molecular formula is C14H16N2O2S. The Bertz CT molecular complexity index is 547. The van der Waals surface area contributed by atoms with Gasteiger partial charge in [-0.25, -0.2) is 0 Å². The van der Waals surface area contributed by atoms with E-state index in [9.17, 15) is 9.59 Å². The molecule has 2 N–H and O–H groups in total. The van der Waals surface area contributed by atoms with Crippen molar-refractivity contribution in [2.24, 2.45) is 17.6 Å². The van der Waals surface area contributed by atoms with E-state index in [1.54, 1.807) is 13.8 Å². The molecule has 5 heteroatoms. The number of hydrogen-bond donors (Lipinski definition) is 1. The van der Waals surface area contributed by atoms with Crippen LogP contribution in [0.5, 0.6) is 0 Å². The van der Waals surface area contributed by atoms with E-state index in [4.69, 9.17) is 5.73 Å². The zero-order valence-electron chi connectivity index (χ0n) is 11.0. The zero-order valence-corrected chi connectivity index (χ0v) is 11.8. The van der Waals surface area contributed by atoms with Crippen LogP contribution in [0.1, 0.15) is 24.3 Å². The van der Waals surface area contributed by atoms with Crippen LogP contribution in [0.15, 0.2) is 11.4 Å². The number of carbonyl (C=O) groups excluding carboxylic acids is 2. The summed E-state index contributed by atoms with van der Waals surface area (Å²) in [6.45, 7) is 4.21. The molecule has 0 spiro atoms. The highest BCUT2D eigenvalue weighted by atomic mass is 32.1. The largest absolute Gasteiger partial charge is 0.320 e. The lowest BCUT2D eigenvalue weighted by Gasteiger charge is -2.13. The third-order valence-electron chi connectivity index (χ3n) is 3.43. The molecule has 1 aliphatic heterocycles. The summed E-state index contributed by atoms with van der Waals surface area (Å²) in [6.07, 6.45) is 0. The summed E-state index contributed by atoms with van der Waals surface area (Å²) in [7, 11) is 0. The Morgan fingerprint density at radius 1 is 1.32 bits per heavy atom. The molecule has 4 nitrogen and oxygen atoms in total. The number of likely N-dealkylation sites (tertiary alicyclic amines) is 1. The van der Waals surface area contributed by atoms with Gasteiger partial charge >= 0.3 is 0 Å². The normalized spacial score (nSPS) is 22.6. The molecule has 1 aromatic rings. The predicted molar refractivity (Wildman–Crippen MR) is 74.1 cm³/mol. The highest BCUT2D eigenvalue weighted by molar-refractivity contribution is 7.10. The molecule has 1 saturated heterocycles. The number of imide groups is 1. The number of nitrogens with zero attached hydrogens (tertiary/aromatic N) is 1. The summed E-state index contributed by atoms with van der Waals surface area (Å²) in [6, 6.07) is 1.89. The maximum absolute atomic E-state index is 12.0. The molecule has 19 heavy (non-hydrogen) atoms. The van der Waals surface area contributed by atoms with Crippen LogP contribution in [0.2, 0.25) is 0 Å². The number of carbonyl (C=O) groups is 2. The minimum absolute atomic E-state index is 0.0939. The van der Waals surface area contributed by atoms with E-state index in [-0.39, 0.29) is 23.7 Å². The van der Waals surface area contributed by atoms with Crippen LogP contribution in [0, 0.1) is 23.7 Å².